The number of alkyl halides is 3. The van der Waals surface area contributed by atoms with Gasteiger partial charge in [-0.2, -0.15) is 21.6 Å². The fraction of sp³-hybridized carbons (Fsp3) is 0.500. The summed E-state index contributed by atoms with van der Waals surface area (Å²) in [7, 11) is -4.23. The SMILES string of the molecule is CCOC(=O)[C@@H](OC(C)(C)C)c1c2c(c3ccccc3c1OS(=O)(=O)C(F)(F)F)CN(C)C2. The van der Waals surface area contributed by atoms with Gasteiger partial charge in [0.25, 0.3) is 0 Å². The second kappa shape index (κ2) is 8.77. The fourth-order valence-corrected chi connectivity index (χ4v) is 4.32. The highest BCUT2D eigenvalue weighted by Crippen LogP contribution is 2.46. The summed E-state index contributed by atoms with van der Waals surface area (Å²) in [6.07, 6.45) is -1.51. The van der Waals surface area contributed by atoms with E-state index in [-0.39, 0.29) is 24.1 Å². The topological polar surface area (TPSA) is 82.1 Å². The normalized spacial score (nSPS) is 16.0. The Labute approximate surface area is 190 Å². The van der Waals surface area contributed by atoms with E-state index in [1.165, 1.54) is 6.07 Å². The highest BCUT2D eigenvalue weighted by atomic mass is 32.2. The lowest BCUT2D eigenvalue weighted by Gasteiger charge is -2.29. The Morgan fingerprint density at radius 3 is 2.21 bits per heavy atom. The molecule has 1 heterocycles. The third-order valence-corrected chi connectivity index (χ3v) is 5.95. The smallest absolute Gasteiger partial charge is 0.464 e. The first-order valence-electron chi connectivity index (χ1n) is 10.3. The molecule has 2 aromatic rings. The molecule has 0 amide bonds. The zero-order chi connectivity index (χ0) is 24.8. The maximum Gasteiger partial charge on any atom is 0.534 e. The monoisotopic (exact) mass is 489 g/mol. The first kappa shape index (κ1) is 25.3. The van der Waals surface area contributed by atoms with Crippen LogP contribution in [0.2, 0.25) is 0 Å². The average molecular weight is 490 g/mol. The van der Waals surface area contributed by atoms with Crippen LogP contribution in [0.5, 0.6) is 5.75 Å². The van der Waals surface area contributed by atoms with E-state index in [9.17, 15) is 26.4 Å². The summed E-state index contributed by atoms with van der Waals surface area (Å²) >= 11 is 0. The molecule has 1 aliphatic rings. The van der Waals surface area contributed by atoms with Gasteiger partial charge in [0, 0.05) is 24.0 Å². The van der Waals surface area contributed by atoms with Gasteiger partial charge in [-0.15, -0.1) is 0 Å². The summed E-state index contributed by atoms with van der Waals surface area (Å²) in [6, 6.07) is 6.37. The van der Waals surface area contributed by atoms with Crippen molar-refractivity contribution in [3.63, 3.8) is 0 Å². The number of nitrogens with zero attached hydrogens (tertiary/aromatic N) is 1. The molecule has 0 aromatic heterocycles. The van der Waals surface area contributed by atoms with Crippen molar-refractivity contribution in [3.05, 3.63) is 41.0 Å². The molecular formula is C22H26F3NO6S. The van der Waals surface area contributed by atoms with Crippen molar-refractivity contribution in [2.75, 3.05) is 13.7 Å². The Hall–Kier alpha value is -2.37. The van der Waals surface area contributed by atoms with Gasteiger partial charge in [0.1, 0.15) is 0 Å². The zero-order valence-electron chi connectivity index (χ0n) is 18.9. The van der Waals surface area contributed by atoms with E-state index >= 15 is 0 Å². The molecule has 1 aliphatic heterocycles. The lowest BCUT2D eigenvalue weighted by molar-refractivity contribution is -0.167. The first-order chi connectivity index (χ1) is 15.2. The van der Waals surface area contributed by atoms with Crippen molar-refractivity contribution in [1.29, 1.82) is 0 Å². The molecule has 0 N–H and O–H groups in total. The van der Waals surface area contributed by atoms with Gasteiger partial charge in [0.15, 0.2) is 11.9 Å². The van der Waals surface area contributed by atoms with Gasteiger partial charge in [0.05, 0.1) is 12.2 Å². The minimum absolute atomic E-state index is 0.00441. The van der Waals surface area contributed by atoms with Gasteiger partial charge in [-0.1, -0.05) is 24.3 Å². The van der Waals surface area contributed by atoms with Gasteiger partial charge >= 0.3 is 21.6 Å². The highest BCUT2D eigenvalue weighted by Gasteiger charge is 2.50. The molecule has 33 heavy (non-hydrogen) atoms. The molecule has 182 valence electrons. The van der Waals surface area contributed by atoms with Crippen LogP contribution >= 0.6 is 0 Å². The van der Waals surface area contributed by atoms with Crippen molar-refractivity contribution >= 4 is 26.9 Å². The number of carbonyl (C=O) groups is 1. The fourth-order valence-electron chi connectivity index (χ4n) is 3.83. The van der Waals surface area contributed by atoms with E-state index in [4.69, 9.17) is 13.7 Å². The van der Waals surface area contributed by atoms with Crippen LogP contribution in [-0.2, 0) is 37.5 Å². The molecule has 0 bridgehead atoms. The molecule has 0 radical (unpaired) electrons. The predicted octanol–water partition coefficient (Wildman–Crippen LogP) is 4.43. The first-order valence-corrected chi connectivity index (χ1v) is 11.7. The second-order valence-electron chi connectivity index (χ2n) is 8.76. The molecular weight excluding hydrogens is 463 g/mol. The lowest BCUT2D eigenvalue weighted by atomic mass is 9.91. The molecule has 0 spiro atoms. The summed E-state index contributed by atoms with van der Waals surface area (Å²) in [5.41, 5.74) is -5.42. The Morgan fingerprint density at radius 2 is 1.67 bits per heavy atom. The lowest BCUT2D eigenvalue weighted by Crippen LogP contribution is -2.32. The zero-order valence-corrected chi connectivity index (χ0v) is 19.8. The van der Waals surface area contributed by atoms with Gasteiger partial charge in [-0.3, -0.25) is 4.90 Å². The second-order valence-corrected chi connectivity index (χ2v) is 10.3. The molecule has 0 fully saturated rings. The van der Waals surface area contributed by atoms with E-state index in [2.05, 4.69) is 0 Å². The van der Waals surface area contributed by atoms with Crippen LogP contribution < -0.4 is 4.18 Å². The summed E-state index contributed by atoms with van der Waals surface area (Å²) in [5.74, 6) is -1.44. The maximum atomic E-state index is 13.3. The number of benzene rings is 2. The molecule has 0 saturated carbocycles. The molecule has 11 heteroatoms. The molecule has 3 rings (SSSR count). The van der Waals surface area contributed by atoms with Gasteiger partial charge < -0.3 is 13.7 Å². The number of fused-ring (bicyclic) bond motifs is 3. The number of carbonyl (C=O) groups excluding carboxylic acids is 1. The Kier molecular flexibility index (Phi) is 6.71. The molecule has 1 atom stereocenters. The molecule has 0 saturated heterocycles. The van der Waals surface area contributed by atoms with E-state index in [0.29, 0.717) is 17.5 Å². The molecule has 0 aliphatic carbocycles. The Bertz CT molecular complexity index is 1170. The average Bonchev–Trinajstić information content (AvgIpc) is 3.06. The summed E-state index contributed by atoms with van der Waals surface area (Å²) in [6.45, 7) is 7.27. The Balaban J connectivity index is 2.41. The van der Waals surface area contributed by atoms with Crippen molar-refractivity contribution in [2.24, 2.45) is 0 Å². The molecule has 2 aromatic carbocycles. The summed E-state index contributed by atoms with van der Waals surface area (Å²) in [4.78, 5) is 14.9. The quantitative estimate of drug-likeness (QED) is 0.337. The van der Waals surface area contributed by atoms with Gasteiger partial charge in [-0.05, 0) is 51.3 Å². The minimum Gasteiger partial charge on any atom is -0.464 e. The van der Waals surface area contributed by atoms with E-state index in [1.54, 1.807) is 52.9 Å². The van der Waals surface area contributed by atoms with Crippen molar-refractivity contribution in [2.45, 2.75) is 58.0 Å². The third-order valence-electron chi connectivity index (χ3n) is 5.00. The van der Waals surface area contributed by atoms with Crippen LogP contribution in [0.1, 0.15) is 50.5 Å². The number of esters is 1. The van der Waals surface area contributed by atoms with Gasteiger partial charge in [0.2, 0.25) is 0 Å². The molecule has 0 unspecified atom stereocenters. The van der Waals surface area contributed by atoms with Crippen molar-refractivity contribution in [1.82, 2.24) is 4.90 Å². The maximum absolute atomic E-state index is 13.3. The third kappa shape index (κ3) is 5.10. The standard InChI is InChI=1S/C22H26F3NO6S/c1-6-30-20(27)19(31-21(2,3)4)17-16-12-26(5)11-15(16)13-9-7-8-10-14(13)18(17)32-33(28,29)22(23,24)25/h7-10,19H,6,11-12H2,1-5H3/t19-/m0/s1. The van der Waals surface area contributed by atoms with E-state index in [1.807, 2.05) is 4.90 Å². The number of ether oxygens (including phenoxy) is 2. The van der Waals surface area contributed by atoms with Gasteiger partial charge in [-0.25, -0.2) is 4.79 Å². The largest absolute Gasteiger partial charge is 0.534 e. The van der Waals surface area contributed by atoms with Crippen LogP contribution in [0, 0.1) is 0 Å². The van der Waals surface area contributed by atoms with E-state index < -0.39 is 39.1 Å². The van der Waals surface area contributed by atoms with Crippen LogP contribution in [0.4, 0.5) is 13.2 Å². The number of halogens is 3. The van der Waals surface area contributed by atoms with Crippen LogP contribution in [0.3, 0.4) is 0 Å². The van der Waals surface area contributed by atoms with Crippen molar-refractivity contribution in [3.8, 4) is 5.75 Å². The van der Waals surface area contributed by atoms with E-state index in [0.717, 1.165) is 5.56 Å². The predicted molar refractivity (Wildman–Crippen MR) is 115 cm³/mol. The minimum atomic E-state index is -6.03. The van der Waals surface area contributed by atoms with Crippen LogP contribution in [0.15, 0.2) is 24.3 Å². The van der Waals surface area contributed by atoms with Crippen molar-refractivity contribution < 1.29 is 40.0 Å². The number of hydrogen-bond donors (Lipinski definition) is 0. The van der Waals surface area contributed by atoms with Crippen LogP contribution in [-0.4, -0.2) is 44.1 Å². The molecule has 7 nitrogen and oxygen atoms in total. The number of rotatable bonds is 6. The summed E-state index contributed by atoms with van der Waals surface area (Å²) < 4.78 is 79.9. The van der Waals surface area contributed by atoms with Crippen LogP contribution in [0.25, 0.3) is 10.8 Å². The Morgan fingerprint density at radius 1 is 1.09 bits per heavy atom. The highest BCUT2D eigenvalue weighted by molar-refractivity contribution is 7.88. The summed E-state index contributed by atoms with van der Waals surface area (Å²) in [5, 5.41) is 0.660. The number of hydrogen-bond acceptors (Lipinski definition) is 7.